The van der Waals surface area contributed by atoms with Crippen LogP contribution in [-0.2, 0) is 12.8 Å². The van der Waals surface area contributed by atoms with Crippen molar-refractivity contribution < 1.29 is 4.42 Å². The Morgan fingerprint density at radius 1 is 1.47 bits per heavy atom. The highest BCUT2D eigenvalue weighted by molar-refractivity contribution is 7.10. The van der Waals surface area contributed by atoms with Crippen LogP contribution in [0.4, 0.5) is 0 Å². The van der Waals surface area contributed by atoms with E-state index in [1.807, 2.05) is 12.1 Å². The highest BCUT2D eigenvalue weighted by Gasteiger charge is 2.13. The minimum absolute atomic E-state index is 0.0612. The third-order valence-corrected chi connectivity index (χ3v) is 3.59. The zero-order valence-corrected chi connectivity index (χ0v) is 9.59. The zero-order valence-electron chi connectivity index (χ0n) is 8.77. The molecule has 0 aromatic carbocycles. The van der Waals surface area contributed by atoms with Gasteiger partial charge in [-0.05, 0) is 35.6 Å². The Bertz CT molecular complexity index is 405. The summed E-state index contributed by atoms with van der Waals surface area (Å²) in [5.41, 5.74) is 7.52. The zero-order chi connectivity index (χ0) is 10.7. The van der Waals surface area contributed by atoms with Crippen LogP contribution in [0.5, 0.6) is 0 Å². The average Bonchev–Trinajstić information content (AvgIpc) is 2.86. The van der Waals surface area contributed by atoms with Gasteiger partial charge in [0.2, 0.25) is 0 Å². The van der Waals surface area contributed by atoms with E-state index in [9.17, 15) is 0 Å². The first-order valence-corrected chi connectivity index (χ1v) is 6.03. The Balaban J connectivity index is 2.11. The molecular weight excluding hydrogens is 206 g/mol. The number of aryl methyl sites for hydroxylation is 1. The molecule has 0 aliphatic rings. The van der Waals surface area contributed by atoms with Gasteiger partial charge in [-0.15, -0.1) is 11.3 Å². The van der Waals surface area contributed by atoms with E-state index >= 15 is 0 Å². The number of rotatable bonds is 4. The molecule has 0 fully saturated rings. The third-order valence-electron chi connectivity index (χ3n) is 2.50. The van der Waals surface area contributed by atoms with E-state index in [1.165, 1.54) is 10.4 Å². The van der Waals surface area contributed by atoms with E-state index in [0.29, 0.717) is 0 Å². The predicted molar refractivity (Wildman–Crippen MR) is 63.0 cm³/mol. The van der Waals surface area contributed by atoms with Gasteiger partial charge in [-0.25, -0.2) is 0 Å². The van der Waals surface area contributed by atoms with Gasteiger partial charge >= 0.3 is 0 Å². The maximum absolute atomic E-state index is 6.16. The first-order chi connectivity index (χ1) is 7.31. The van der Waals surface area contributed by atoms with Crippen molar-refractivity contribution in [1.29, 1.82) is 0 Å². The fourth-order valence-corrected chi connectivity index (χ4v) is 2.70. The Morgan fingerprint density at radius 3 is 3.00 bits per heavy atom. The SMILES string of the molecule is CCc1ccsc1C(N)Cc1ccco1. The Morgan fingerprint density at radius 2 is 2.33 bits per heavy atom. The number of hydrogen-bond donors (Lipinski definition) is 1. The molecule has 80 valence electrons. The summed E-state index contributed by atoms with van der Waals surface area (Å²) in [7, 11) is 0. The molecule has 0 saturated carbocycles. The largest absolute Gasteiger partial charge is 0.469 e. The molecule has 0 radical (unpaired) electrons. The number of nitrogens with two attached hydrogens (primary N) is 1. The fraction of sp³-hybridized carbons (Fsp3) is 0.333. The highest BCUT2D eigenvalue weighted by atomic mass is 32.1. The van der Waals surface area contributed by atoms with Crippen LogP contribution in [0.1, 0.15) is 29.2 Å². The van der Waals surface area contributed by atoms with Crippen LogP contribution in [0.3, 0.4) is 0 Å². The predicted octanol–water partition coefficient (Wildman–Crippen LogP) is 3.15. The van der Waals surface area contributed by atoms with E-state index in [-0.39, 0.29) is 6.04 Å². The van der Waals surface area contributed by atoms with Crippen LogP contribution >= 0.6 is 11.3 Å². The maximum atomic E-state index is 6.16. The maximum Gasteiger partial charge on any atom is 0.105 e. The number of thiophene rings is 1. The molecule has 1 atom stereocenters. The first-order valence-electron chi connectivity index (χ1n) is 5.15. The first kappa shape index (κ1) is 10.5. The van der Waals surface area contributed by atoms with Crippen molar-refractivity contribution in [2.24, 2.45) is 5.73 Å². The molecule has 3 heteroatoms. The van der Waals surface area contributed by atoms with Crippen LogP contribution in [0.2, 0.25) is 0 Å². The quantitative estimate of drug-likeness (QED) is 0.861. The lowest BCUT2D eigenvalue weighted by Gasteiger charge is -2.09. The van der Waals surface area contributed by atoms with E-state index in [0.717, 1.165) is 18.6 Å². The molecule has 0 saturated heterocycles. The summed E-state index contributed by atoms with van der Waals surface area (Å²) in [4.78, 5) is 1.29. The minimum atomic E-state index is 0.0612. The smallest absolute Gasteiger partial charge is 0.105 e. The fourth-order valence-electron chi connectivity index (χ4n) is 1.70. The molecule has 2 heterocycles. The number of hydrogen-bond acceptors (Lipinski definition) is 3. The lowest BCUT2D eigenvalue weighted by molar-refractivity contribution is 0.489. The topological polar surface area (TPSA) is 39.2 Å². The highest BCUT2D eigenvalue weighted by Crippen LogP contribution is 2.26. The molecule has 2 rings (SSSR count). The molecule has 1 unspecified atom stereocenters. The Labute approximate surface area is 93.7 Å². The minimum Gasteiger partial charge on any atom is -0.469 e. The molecule has 2 aromatic heterocycles. The van der Waals surface area contributed by atoms with Crippen molar-refractivity contribution >= 4 is 11.3 Å². The van der Waals surface area contributed by atoms with Gasteiger partial charge in [-0.3, -0.25) is 0 Å². The second-order valence-corrected chi connectivity index (χ2v) is 4.50. The Kier molecular flexibility index (Phi) is 3.23. The van der Waals surface area contributed by atoms with Crippen LogP contribution in [0.15, 0.2) is 34.3 Å². The molecule has 2 N–H and O–H groups in total. The summed E-state index contributed by atoms with van der Waals surface area (Å²) >= 11 is 1.74. The summed E-state index contributed by atoms with van der Waals surface area (Å²) in [6.45, 7) is 2.16. The molecular formula is C12H15NOS. The van der Waals surface area contributed by atoms with Crippen LogP contribution in [-0.4, -0.2) is 0 Å². The van der Waals surface area contributed by atoms with Gasteiger partial charge in [-0.2, -0.15) is 0 Å². The molecule has 2 nitrogen and oxygen atoms in total. The summed E-state index contributed by atoms with van der Waals surface area (Å²) in [6, 6.07) is 6.09. The van der Waals surface area contributed by atoms with E-state index in [4.69, 9.17) is 10.2 Å². The second-order valence-electron chi connectivity index (χ2n) is 3.55. The standard InChI is InChI=1S/C12H15NOS/c1-2-9-5-7-15-12(9)11(13)8-10-4-3-6-14-10/h3-7,11H,2,8,13H2,1H3. The van der Waals surface area contributed by atoms with Gasteiger partial charge in [0.25, 0.3) is 0 Å². The van der Waals surface area contributed by atoms with Crippen molar-refractivity contribution in [2.45, 2.75) is 25.8 Å². The Hall–Kier alpha value is -1.06. The summed E-state index contributed by atoms with van der Waals surface area (Å²) in [5.74, 6) is 0.956. The van der Waals surface area contributed by atoms with Crippen molar-refractivity contribution in [3.8, 4) is 0 Å². The van der Waals surface area contributed by atoms with Gasteiger partial charge in [-0.1, -0.05) is 6.92 Å². The van der Waals surface area contributed by atoms with Crippen LogP contribution < -0.4 is 5.73 Å². The van der Waals surface area contributed by atoms with Gasteiger partial charge in [0.15, 0.2) is 0 Å². The molecule has 0 spiro atoms. The number of furan rings is 1. The average molecular weight is 221 g/mol. The van der Waals surface area contributed by atoms with Gasteiger partial charge in [0, 0.05) is 17.3 Å². The van der Waals surface area contributed by atoms with Gasteiger partial charge in [0.1, 0.15) is 5.76 Å². The normalized spacial score (nSPS) is 12.9. The summed E-state index contributed by atoms with van der Waals surface area (Å²) in [5, 5.41) is 2.11. The molecule has 0 bridgehead atoms. The molecule has 2 aromatic rings. The molecule has 15 heavy (non-hydrogen) atoms. The summed E-state index contributed by atoms with van der Waals surface area (Å²) in [6.07, 6.45) is 3.52. The third kappa shape index (κ3) is 2.30. The lowest BCUT2D eigenvalue weighted by atomic mass is 10.1. The summed E-state index contributed by atoms with van der Waals surface area (Å²) < 4.78 is 5.30. The van der Waals surface area contributed by atoms with Crippen molar-refractivity contribution in [3.05, 3.63) is 46.0 Å². The second kappa shape index (κ2) is 4.64. The van der Waals surface area contributed by atoms with Crippen LogP contribution in [0, 0.1) is 0 Å². The van der Waals surface area contributed by atoms with Crippen LogP contribution in [0.25, 0.3) is 0 Å². The van der Waals surface area contributed by atoms with Crippen molar-refractivity contribution in [1.82, 2.24) is 0 Å². The van der Waals surface area contributed by atoms with Crippen molar-refractivity contribution in [2.75, 3.05) is 0 Å². The van der Waals surface area contributed by atoms with E-state index in [2.05, 4.69) is 18.4 Å². The van der Waals surface area contributed by atoms with Gasteiger partial charge < -0.3 is 10.2 Å². The molecule has 0 aliphatic carbocycles. The lowest BCUT2D eigenvalue weighted by Crippen LogP contribution is -2.12. The monoisotopic (exact) mass is 221 g/mol. The van der Waals surface area contributed by atoms with Crippen molar-refractivity contribution in [3.63, 3.8) is 0 Å². The van der Waals surface area contributed by atoms with E-state index < -0.39 is 0 Å². The van der Waals surface area contributed by atoms with E-state index in [1.54, 1.807) is 17.6 Å². The van der Waals surface area contributed by atoms with Gasteiger partial charge in [0.05, 0.1) is 6.26 Å². The molecule has 0 aliphatic heterocycles. The molecule has 0 amide bonds.